The Bertz CT molecular complexity index is 832. The summed E-state index contributed by atoms with van der Waals surface area (Å²) < 4.78 is 21.6. The number of amides is 1. The molecule has 2 aromatic rings. The number of halogens is 1. The van der Waals surface area contributed by atoms with Crippen molar-refractivity contribution in [3.05, 3.63) is 36.4 Å². The molecular weight excluding hydrogens is 339 g/mol. The fraction of sp³-hybridized carbons (Fsp3) is 0.471. The summed E-state index contributed by atoms with van der Waals surface area (Å²) in [7, 11) is 0. The molecule has 8 nitrogen and oxygen atoms in total. The van der Waals surface area contributed by atoms with Crippen molar-refractivity contribution in [2.45, 2.75) is 18.7 Å². The summed E-state index contributed by atoms with van der Waals surface area (Å²) in [5.74, 6) is 0.644. The molecular formula is C17H19FN6O2. The van der Waals surface area contributed by atoms with E-state index in [0.29, 0.717) is 36.3 Å². The lowest BCUT2D eigenvalue weighted by atomic mass is 10.2. The number of nitrogens with two attached hydrogens (primary N) is 1. The van der Waals surface area contributed by atoms with E-state index >= 15 is 0 Å². The first-order chi connectivity index (χ1) is 12.6. The molecule has 136 valence electrons. The summed E-state index contributed by atoms with van der Waals surface area (Å²) in [4.78, 5) is 15.6. The van der Waals surface area contributed by atoms with Crippen LogP contribution in [-0.4, -0.2) is 52.9 Å². The predicted molar refractivity (Wildman–Crippen MR) is 91.2 cm³/mol. The van der Waals surface area contributed by atoms with Crippen LogP contribution in [0.2, 0.25) is 0 Å². The summed E-state index contributed by atoms with van der Waals surface area (Å²) in [6.45, 7) is 2.36. The van der Waals surface area contributed by atoms with Crippen molar-refractivity contribution in [3.63, 3.8) is 0 Å². The van der Waals surface area contributed by atoms with Crippen molar-refractivity contribution in [1.29, 1.82) is 0 Å². The number of benzene rings is 1. The van der Waals surface area contributed by atoms with E-state index in [1.54, 1.807) is 29.2 Å². The zero-order valence-electron chi connectivity index (χ0n) is 14.0. The highest BCUT2D eigenvalue weighted by molar-refractivity contribution is 5.90. The van der Waals surface area contributed by atoms with Gasteiger partial charge in [-0.2, -0.15) is 0 Å². The summed E-state index contributed by atoms with van der Waals surface area (Å²) in [5, 5.41) is 7.60. The van der Waals surface area contributed by atoms with Crippen LogP contribution in [0.3, 0.4) is 0 Å². The number of piperidine rings is 1. The van der Waals surface area contributed by atoms with Gasteiger partial charge >= 0.3 is 6.09 Å². The van der Waals surface area contributed by atoms with Crippen LogP contribution >= 0.6 is 0 Å². The molecule has 2 N–H and O–H groups in total. The molecule has 1 saturated carbocycles. The van der Waals surface area contributed by atoms with Gasteiger partial charge in [0.1, 0.15) is 11.9 Å². The second-order valence-electron chi connectivity index (χ2n) is 7.19. The maximum Gasteiger partial charge on any atom is 0.414 e. The number of cyclic esters (lactones) is 1. The van der Waals surface area contributed by atoms with Gasteiger partial charge in [0, 0.05) is 25.3 Å². The maximum absolute atomic E-state index is 14.6. The smallest absolute Gasteiger partial charge is 0.414 e. The van der Waals surface area contributed by atoms with Crippen molar-refractivity contribution >= 4 is 17.5 Å². The molecule has 3 heterocycles. The van der Waals surface area contributed by atoms with Gasteiger partial charge in [-0.1, -0.05) is 5.21 Å². The molecule has 0 radical (unpaired) electrons. The van der Waals surface area contributed by atoms with Crippen LogP contribution in [0.15, 0.2) is 30.6 Å². The summed E-state index contributed by atoms with van der Waals surface area (Å²) in [6.07, 6.45) is 2.45. The molecule has 26 heavy (non-hydrogen) atoms. The van der Waals surface area contributed by atoms with E-state index in [0.717, 1.165) is 13.1 Å². The number of hydrogen-bond donors (Lipinski definition) is 1. The van der Waals surface area contributed by atoms with Gasteiger partial charge in [-0.25, -0.2) is 13.9 Å². The Morgan fingerprint density at radius 2 is 2.08 bits per heavy atom. The van der Waals surface area contributed by atoms with E-state index < -0.39 is 6.09 Å². The minimum absolute atomic E-state index is 0.273. The number of aromatic nitrogens is 3. The number of carbonyl (C=O) groups excluding carboxylic acids is 1. The number of ether oxygens (including phenoxy) is 1. The zero-order valence-corrected chi connectivity index (χ0v) is 14.0. The van der Waals surface area contributed by atoms with Gasteiger partial charge in [-0.15, -0.1) is 5.10 Å². The van der Waals surface area contributed by atoms with Gasteiger partial charge in [-0.05, 0) is 30.0 Å². The lowest BCUT2D eigenvalue weighted by molar-refractivity contribution is 0.129. The van der Waals surface area contributed by atoms with Crippen molar-refractivity contribution < 1.29 is 13.9 Å². The molecule has 3 fully saturated rings. The van der Waals surface area contributed by atoms with Crippen LogP contribution in [0.4, 0.5) is 20.6 Å². The van der Waals surface area contributed by atoms with Gasteiger partial charge in [-0.3, -0.25) is 4.90 Å². The van der Waals surface area contributed by atoms with Crippen molar-refractivity contribution in [2.75, 3.05) is 29.4 Å². The summed E-state index contributed by atoms with van der Waals surface area (Å²) >= 11 is 0. The van der Waals surface area contributed by atoms with Gasteiger partial charge in [0.05, 0.1) is 30.7 Å². The predicted octanol–water partition coefficient (Wildman–Crippen LogP) is 0.836. The Morgan fingerprint density at radius 3 is 2.77 bits per heavy atom. The standard InChI is InChI=1S/C17H19FN6O2/c18-14-5-10(1-2-15(14)22-8-12-13(9-22)16(12)19)24-7-11(26-17(24)25)6-23-4-3-20-21-23/h1-5,11-13,16H,6-9,19H2/t11-,12-,13+,16+/m0/s1. The van der Waals surface area contributed by atoms with Crippen LogP contribution in [0.5, 0.6) is 0 Å². The Labute approximate surface area is 149 Å². The maximum atomic E-state index is 14.6. The topological polar surface area (TPSA) is 89.5 Å². The van der Waals surface area contributed by atoms with Crippen LogP contribution in [0.25, 0.3) is 0 Å². The first kappa shape index (κ1) is 15.6. The Hall–Kier alpha value is -2.68. The Balaban J connectivity index is 1.29. The first-order valence-electron chi connectivity index (χ1n) is 8.72. The third-order valence-electron chi connectivity index (χ3n) is 5.58. The normalized spacial score (nSPS) is 29.8. The number of nitrogens with zero attached hydrogens (tertiary/aromatic N) is 5. The molecule has 1 aromatic carbocycles. The van der Waals surface area contributed by atoms with Gasteiger partial charge in [0.15, 0.2) is 0 Å². The number of carbonyl (C=O) groups is 1. The molecule has 1 aliphatic carbocycles. The molecule has 0 spiro atoms. The Kier molecular flexibility index (Phi) is 3.39. The van der Waals surface area contributed by atoms with E-state index in [9.17, 15) is 9.18 Å². The van der Waals surface area contributed by atoms with Crippen LogP contribution in [-0.2, 0) is 11.3 Å². The van der Waals surface area contributed by atoms with Gasteiger partial charge in [0.25, 0.3) is 0 Å². The van der Waals surface area contributed by atoms with Crippen molar-refractivity contribution in [3.8, 4) is 0 Å². The number of fused-ring (bicyclic) bond motifs is 1. The molecule has 5 rings (SSSR count). The second kappa shape index (κ2) is 5.66. The quantitative estimate of drug-likeness (QED) is 0.871. The fourth-order valence-electron chi connectivity index (χ4n) is 4.06. The largest absolute Gasteiger partial charge is 0.442 e. The third-order valence-corrected chi connectivity index (χ3v) is 5.58. The summed E-state index contributed by atoms with van der Waals surface area (Å²) in [6, 6.07) is 5.17. The molecule has 0 bridgehead atoms. The van der Waals surface area contributed by atoms with Crippen LogP contribution < -0.4 is 15.5 Å². The number of rotatable bonds is 4. The molecule has 1 aromatic heterocycles. The monoisotopic (exact) mass is 358 g/mol. The summed E-state index contributed by atoms with van der Waals surface area (Å²) in [5.41, 5.74) is 7.01. The Morgan fingerprint density at radius 1 is 1.27 bits per heavy atom. The van der Waals surface area contributed by atoms with Gasteiger partial charge < -0.3 is 15.4 Å². The highest BCUT2D eigenvalue weighted by atomic mass is 19.1. The number of anilines is 2. The van der Waals surface area contributed by atoms with E-state index in [1.165, 1.54) is 11.0 Å². The molecule has 2 saturated heterocycles. The molecule has 3 aliphatic rings. The van der Waals surface area contributed by atoms with Crippen molar-refractivity contribution in [1.82, 2.24) is 15.0 Å². The van der Waals surface area contributed by atoms with E-state index in [-0.39, 0.29) is 18.0 Å². The van der Waals surface area contributed by atoms with E-state index in [2.05, 4.69) is 10.3 Å². The fourth-order valence-corrected chi connectivity index (χ4v) is 4.06. The second-order valence-corrected chi connectivity index (χ2v) is 7.19. The molecule has 9 heteroatoms. The molecule has 0 unspecified atom stereocenters. The van der Waals surface area contributed by atoms with Crippen LogP contribution in [0.1, 0.15) is 0 Å². The number of hydrogen-bond acceptors (Lipinski definition) is 6. The third kappa shape index (κ3) is 2.50. The zero-order chi connectivity index (χ0) is 17.8. The SMILES string of the molecule is N[C@@H]1[C@H]2CN(c3ccc(N4C[C@H](Cn5ccnn5)OC4=O)cc3F)C[C@@H]12. The molecule has 1 amide bonds. The van der Waals surface area contributed by atoms with Crippen molar-refractivity contribution in [2.24, 2.45) is 17.6 Å². The lowest BCUT2D eigenvalue weighted by Gasteiger charge is -2.23. The average Bonchev–Trinajstić information content (AvgIpc) is 3.13. The van der Waals surface area contributed by atoms with E-state index in [1.807, 2.05) is 4.90 Å². The first-order valence-corrected chi connectivity index (χ1v) is 8.72. The van der Waals surface area contributed by atoms with E-state index in [4.69, 9.17) is 10.5 Å². The minimum atomic E-state index is -0.476. The average molecular weight is 358 g/mol. The van der Waals surface area contributed by atoms with Crippen LogP contribution in [0, 0.1) is 17.7 Å². The molecule has 4 atom stereocenters. The lowest BCUT2D eigenvalue weighted by Crippen LogP contribution is -2.29. The highest BCUT2D eigenvalue weighted by Crippen LogP contribution is 2.45. The van der Waals surface area contributed by atoms with Gasteiger partial charge in [0.2, 0.25) is 0 Å². The highest BCUT2D eigenvalue weighted by Gasteiger charge is 2.53. The molecule has 2 aliphatic heterocycles. The minimum Gasteiger partial charge on any atom is -0.442 e.